The summed E-state index contributed by atoms with van der Waals surface area (Å²) in [5.74, 6) is -1.60. The van der Waals surface area contributed by atoms with E-state index in [1.54, 1.807) is 54.6 Å². The Morgan fingerprint density at radius 1 is 0.905 bits per heavy atom. The lowest BCUT2D eigenvalue weighted by Crippen LogP contribution is -2.36. The molecule has 5 aromatic rings. The van der Waals surface area contributed by atoms with Crippen LogP contribution >= 0.6 is 27.3 Å². The highest BCUT2D eigenvalue weighted by atomic mass is 79.9. The van der Waals surface area contributed by atoms with Crippen LogP contribution in [0.15, 0.2) is 102 Å². The van der Waals surface area contributed by atoms with Crippen LogP contribution in [-0.4, -0.2) is 34.9 Å². The lowest BCUT2D eigenvalue weighted by Gasteiger charge is -2.23. The van der Waals surface area contributed by atoms with Gasteiger partial charge >= 0.3 is 0 Å². The number of carbonyl (C=O) groups is 3. The Bertz CT molecular complexity index is 1760. The second-order valence-corrected chi connectivity index (χ2v) is 11.5. The predicted molar refractivity (Wildman–Crippen MR) is 163 cm³/mol. The summed E-state index contributed by atoms with van der Waals surface area (Å²) < 4.78 is 20.8. The van der Waals surface area contributed by atoms with Crippen molar-refractivity contribution in [2.24, 2.45) is 0 Å². The molecule has 1 aromatic heterocycles. The third-order valence-corrected chi connectivity index (χ3v) is 8.01. The number of fused-ring (bicyclic) bond motifs is 1. The molecule has 3 amide bonds. The van der Waals surface area contributed by atoms with Gasteiger partial charge in [-0.1, -0.05) is 57.6 Å². The number of nitrogens with zero attached hydrogens (tertiary/aromatic N) is 2. The summed E-state index contributed by atoms with van der Waals surface area (Å²) in [6.07, 6.45) is -1.94. The fraction of sp³-hybridized carbons (Fsp3) is 0.0968. The summed E-state index contributed by atoms with van der Waals surface area (Å²) in [5, 5.41) is 6.06. The van der Waals surface area contributed by atoms with Gasteiger partial charge in [0.25, 0.3) is 17.7 Å². The van der Waals surface area contributed by atoms with E-state index >= 15 is 0 Å². The van der Waals surface area contributed by atoms with E-state index in [-0.39, 0.29) is 12.5 Å². The van der Waals surface area contributed by atoms with Gasteiger partial charge in [-0.15, -0.1) is 0 Å². The second kappa shape index (κ2) is 11.8. The average Bonchev–Trinajstić information content (AvgIpc) is 3.69. The number of para-hydroxylation sites is 1. The van der Waals surface area contributed by atoms with Crippen LogP contribution in [0.4, 0.5) is 20.9 Å². The number of hydrogen-bond acceptors (Lipinski definition) is 6. The van der Waals surface area contributed by atoms with E-state index in [1.165, 1.54) is 28.4 Å². The van der Waals surface area contributed by atoms with E-state index in [4.69, 9.17) is 4.74 Å². The van der Waals surface area contributed by atoms with E-state index in [2.05, 4.69) is 31.5 Å². The maximum Gasteiger partial charge on any atom is 0.259 e. The van der Waals surface area contributed by atoms with Gasteiger partial charge in [0, 0.05) is 21.4 Å². The molecule has 4 aromatic carbocycles. The van der Waals surface area contributed by atoms with Gasteiger partial charge in [0.05, 0.1) is 16.8 Å². The molecule has 1 saturated heterocycles. The normalized spacial score (nSPS) is 15.7. The number of aromatic nitrogens is 1. The predicted octanol–water partition coefficient (Wildman–Crippen LogP) is 6.39. The molecule has 11 heteroatoms. The van der Waals surface area contributed by atoms with E-state index in [0.717, 1.165) is 14.7 Å². The molecule has 2 heterocycles. The smallest absolute Gasteiger partial charge is 0.259 e. The maximum absolute atomic E-state index is 13.6. The van der Waals surface area contributed by atoms with Gasteiger partial charge in [0.15, 0.2) is 17.3 Å². The quantitative estimate of drug-likeness (QED) is 0.191. The molecule has 0 radical (unpaired) electrons. The zero-order valence-corrected chi connectivity index (χ0v) is 24.2. The highest BCUT2D eigenvalue weighted by Crippen LogP contribution is 2.30. The van der Waals surface area contributed by atoms with E-state index in [9.17, 15) is 18.8 Å². The third kappa shape index (κ3) is 6.23. The van der Waals surface area contributed by atoms with Crippen LogP contribution in [0.2, 0.25) is 0 Å². The highest BCUT2D eigenvalue weighted by molar-refractivity contribution is 9.10. The summed E-state index contributed by atoms with van der Waals surface area (Å²) in [5.41, 5.74) is 2.91. The molecule has 8 nitrogen and oxygen atoms in total. The Hall–Kier alpha value is -4.45. The molecule has 6 rings (SSSR count). The van der Waals surface area contributed by atoms with Crippen molar-refractivity contribution in [3.8, 4) is 0 Å². The number of thiazole rings is 1. The minimum atomic E-state index is -0.986. The Morgan fingerprint density at radius 3 is 2.40 bits per heavy atom. The first kappa shape index (κ1) is 27.7. The molecule has 0 aliphatic carbocycles. The fourth-order valence-corrected chi connectivity index (χ4v) is 5.65. The monoisotopic (exact) mass is 644 g/mol. The first-order valence-corrected chi connectivity index (χ1v) is 14.5. The van der Waals surface area contributed by atoms with Gasteiger partial charge < -0.3 is 15.0 Å². The molecule has 1 aliphatic rings. The van der Waals surface area contributed by atoms with Crippen molar-refractivity contribution < 1.29 is 23.5 Å². The summed E-state index contributed by atoms with van der Waals surface area (Å²) in [4.78, 5) is 45.2. The summed E-state index contributed by atoms with van der Waals surface area (Å²) in [7, 11) is 0. The lowest BCUT2D eigenvalue weighted by atomic mass is 10.1. The number of anilines is 3. The highest BCUT2D eigenvalue weighted by Gasteiger charge is 2.52. The number of halogens is 2. The average molecular weight is 646 g/mol. The summed E-state index contributed by atoms with van der Waals surface area (Å²) in [6, 6.07) is 27.0. The molecule has 0 bridgehead atoms. The van der Waals surface area contributed by atoms with Gasteiger partial charge in [-0.05, 0) is 72.3 Å². The molecule has 0 saturated carbocycles. The largest absolute Gasteiger partial charge is 0.349 e. The van der Waals surface area contributed by atoms with E-state index in [0.29, 0.717) is 27.6 Å². The van der Waals surface area contributed by atoms with Crippen LogP contribution in [0.3, 0.4) is 0 Å². The second-order valence-electron chi connectivity index (χ2n) is 9.52. The first-order valence-electron chi connectivity index (χ1n) is 12.9. The van der Waals surface area contributed by atoms with Crippen molar-refractivity contribution in [3.05, 3.63) is 118 Å². The summed E-state index contributed by atoms with van der Waals surface area (Å²) >= 11 is 4.74. The van der Waals surface area contributed by atoms with Crippen LogP contribution in [0.25, 0.3) is 10.2 Å². The number of ether oxygens (including phenoxy) is 1. The Kier molecular flexibility index (Phi) is 7.79. The maximum atomic E-state index is 13.6. The Morgan fingerprint density at radius 2 is 1.67 bits per heavy atom. The van der Waals surface area contributed by atoms with Gasteiger partial charge in [-0.2, -0.15) is 0 Å². The Labute approximate surface area is 252 Å². The van der Waals surface area contributed by atoms with Gasteiger partial charge in [-0.25, -0.2) is 9.37 Å². The van der Waals surface area contributed by atoms with Crippen LogP contribution < -0.4 is 15.5 Å². The standard InChI is InChI=1S/C31H22BrFN4O4S/c32-20-4-3-5-22(16-20)34-29(39)26-27(41-26)30(40)37(17-18-8-12-21(33)13-9-18)23-14-10-19(11-15-23)28(38)36-31-35-24-6-1-2-7-25(24)42-31/h1-16,26-27H,17H2,(H,34,39)(H,35,36,38)/t26-,27-/m0/s1. The fourth-order valence-electron chi connectivity index (χ4n) is 4.39. The zero-order valence-electron chi connectivity index (χ0n) is 21.8. The van der Waals surface area contributed by atoms with Crippen molar-refractivity contribution in [2.75, 3.05) is 15.5 Å². The van der Waals surface area contributed by atoms with Crippen molar-refractivity contribution in [2.45, 2.75) is 18.8 Å². The van der Waals surface area contributed by atoms with Crippen molar-refractivity contribution in [3.63, 3.8) is 0 Å². The van der Waals surface area contributed by atoms with Gasteiger partial charge in [0.1, 0.15) is 5.82 Å². The number of hydrogen-bond donors (Lipinski definition) is 2. The van der Waals surface area contributed by atoms with Crippen molar-refractivity contribution >= 4 is 71.7 Å². The molecule has 0 unspecified atom stereocenters. The number of nitrogens with one attached hydrogen (secondary N) is 2. The van der Waals surface area contributed by atoms with Crippen molar-refractivity contribution in [1.82, 2.24) is 4.98 Å². The molecule has 42 heavy (non-hydrogen) atoms. The molecule has 210 valence electrons. The number of amides is 3. The van der Waals surface area contributed by atoms with Crippen molar-refractivity contribution in [1.29, 1.82) is 0 Å². The molecule has 1 fully saturated rings. The molecular weight excluding hydrogens is 623 g/mol. The SMILES string of the molecule is O=C(Nc1nc2ccccc2s1)c1ccc(N(Cc2ccc(F)cc2)C(=O)[C@H]2O[C@@H]2C(=O)Nc2cccc(Br)c2)cc1. The van der Waals surface area contributed by atoms with Crippen LogP contribution in [0, 0.1) is 5.82 Å². The third-order valence-electron chi connectivity index (χ3n) is 6.56. The van der Waals surface area contributed by atoms with Gasteiger partial charge in [0.2, 0.25) is 0 Å². The minimum Gasteiger partial charge on any atom is -0.349 e. The number of carbonyl (C=O) groups excluding carboxylic acids is 3. The zero-order chi connectivity index (χ0) is 29.2. The van der Waals surface area contributed by atoms with E-state index < -0.39 is 29.8 Å². The minimum absolute atomic E-state index is 0.107. The molecule has 1 aliphatic heterocycles. The molecular formula is C31H22BrFN4O4S. The Balaban J connectivity index is 1.18. The van der Waals surface area contributed by atoms with Gasteiger partial charge in [-0.3, -0.25) is 19.7 Å². The van der Waals surface area contributed by atoms with Crippen LogP contribution in [0.5, 0.6) is 0 Å². The van der Waals surface area contributed by atoms with E-state index in [1.807, 2.05) is 30.3 Å². The number of rotatable bonds is 8. The molecule has 2 N–H and O–H groups in total. The number of epoxide rings is 1. The van der Waals surface area contributed by atoms with Crippen LogP contribution in [0.1, 0.15) is 15.9 Å². The lowest BCUT2D eigenvalue weighted by molar-refractivity contribution is -0.120. The number of benzene rings is 4. The molecule has 2 atom stereocenters. The molecule has 0 spiro atoms. The summed E-state index contributed by atoms with van der Waals surface area (Å²) in [6.45, 7) is 0.107. The van der Waals surface area contributed by atoms with Crippen LogP contribution in [-0.2, 0) is 20.9 Å². The first-order chi connectivity index (χ1) is 20.3. The topological polar surface area (TPSA) is 104 Å².